The van der Waals surface area contributed by atoms with Gasteiger partial charge in [-0.15, -0.1) is 0 Å². The van der Waals surface area contributed by atoms with Crippen LogP contribution in [0.3, 0.4) is 0 Å². The maximum atomic E-state index is 13.3. The van der Waals surface area contributed by atoms with Crippen LogP contribution in [0.25, 0.3) is 0 Å². The lowest BCUT2D eigenvalue weighted by molar-refractivity contribution is 0.170. The minimum Gasteiger partial charge on any atom is -0.484 e. The molecular formula is C16H16BrF2NO. The van der Waals surface area contributed by atoms with E-state index in [1.165, 1.54) is 6.07 Å². The van der Waals surface area contributed by atoms with Crippen LogP contribution in [0.2, 0.25) is 0 Å². The second kappa shape index (κ2) is 7.00. The zero-order valence-corrected chi connectivity index (χ0v) is 13.1. The summed E-state index contributed by atoms with van der Waals surface area (Å²) in [6.45, 7) is 1.95. The van der Waals surface area contributed by atoms with E-state index in [0.29, 0.717) is 6.42 Å². The van der Waals surface area contributed by atoms with Crippen molar-refractivity contribution in [3.05, 3.63) is 64.1 Å². The Bertz CT molecular complexity index is 621. The third kappa shape index (κ3) is 4.02. The molecule has 0 heterocycles. The quantitative estimate of drug-likeness (QED) is 0.851. The molecule has 2 aromatic carbocycles. The first-order chi connectivity index (χ1) is 10.0. The van der Waals surface area contributed by atoms with Crippen molar-refractivity contribution >= 4 is 15.9 Å². The number of hydrogen-bond donors (Lipinski definition) is 1. The molecule has 0 aromatic heterocycles. The van der Waals surface area contributed by atoms with E-state index >= 15 is 0 Å². The lowest BCUT2D eigenvalue weighted by Crippen LogP contribution is -2.31. The Morgan fingerprint density at radius 3 is 2.52 bits per heavy atom. The van der Waals surface area contributed by atoms with Crippen LogP contribution in [0.4, 0.5) is 8.78 Å². The molecule has 5 heteroatoms. The van der Waals surface area contributed by atoms with Gasteiger partial charge >= 0.3 is 0 Å². The first-order valence-corrected chi connectivity index (χ1v) is 7.43. The molecule has 2 aromatic rings. The molecule has 0 amide bonds. The molecule has 0 saturated heterocycles. The van der Waals surface area contributed by atoms with Crippen molar-refractivity contribution in [1.29, 1.82) is 0 Å². The summed E-state index contributed by atoms with van der Waals surface area (Å²) < 4.78 is 33.0. The second-order valence-electron chi connectivity index (χ2n) is 4.74. The molecule has 0 aliphatic rings. The highest BCUT2D eigenvalue weighted by molar-refractivity contribution is 9.10. The van der Waals surface area contributed by atoms with Crippen molar-refractivity contribution in [3.8, 4) is 5.75 Å². The molecule has 2 nitrogen and oxygen atoms in total. The van der Waals surface area contributed by atoms with Crippen LogP contribution in [-0.2, 0) is 0 Å². The third-order valence-corrected chi connectivity index (χ3v) is 3.68. The van der Waals surface area contributed by atoms with E-state index in [9.17, 15) is 8.78 Å². The Balaban J connectivity index is 2.30. The van der Waals surface area contributed by atoms with E-state index in [0.717, 1.165) is 22.2 Å². The lowest BCUT2D eigenvalue weighted by Gasteiger charge is -2.25. The zero-order valence-electron chi connectivity index (χ0n) is 11.5. The molecule has 0 aliphatic heterocycles. The summed E-state index contributed by atoms with van der Waals surface area (Å²) in [6.07, 6.45) is 0.262. The Hall–Kier alpha value is -1.46. The smallest absolute Gasteiger partial charge is 0.162 e. The largest absolute Gasteiger partial charge is 0.484 e. The molecular weight excluding hydrogens is 340 g/mol. The molecule has 21 heavy (non-hydrogen) atoms. The second-order valence-corrected chi connectivity index (χ2v) is 5.66. The van der Waals surface area contributed by atoms with Gasteiger partial charge in [0.2, 0.25) is 0 Å². The van der Waals surface area contributed by atoms with Crippen molar-refractivity contribution < 1.29 is 13.5 Å². The number of ether oxygens (including phenoxy) is 1. The predicted molar refractivity (Wildman–Crippen MR) is 82.1 cm³/mol. The number of halogens is 3. The maximum absolute atomic E-state index is 13.3. The minimum absolute atomic E-state index is 0.253. The van der Waals surface area contributed by atoms with Crippen LogP contribution in [0.1, 0.15) is 25.0 Å². The Morgan fingerprint density at radius 1 is 1.14 bits per heavy atom. The van der Waals surface area contributed by atoms with Gasteiger partial charge in [-0.25, -0.2) is 8.78 Å². The fourth-order valence-electron chi connectivity index (χ4n) is 2.00. The Morgan fingerprint density at radius 2 is 1.90 bits per heavy atom. The normalized spacial score (nSPS) is 13.8. The van der Waals surface area contributed by atoms with Gasteiger partial charge in [0.1, 0.15) is 11.9 Å². The van der Waals surface area contributed by atoms with Crippen LogP contribution >= 0.6 is 15.9 Å². The average Bonchev–Trinajstić information content (AvgIpc) is 2.47. The van der Waals surface area contributed by atoms with Crippen molar-refractivity contribution in [2.45, 2.75) is 25.5 Å². The van der Waals surface area contributed by atoms with Crippen LogP contribution in [0.15, 0.2) is 46.9 Å². The SMILES string of the molecule is CCC(N)C(Oc1ccc(F)c(F)c1)c1cccc(Br)c1. The van der Waals surface area contributed by atoms with Gasteiger partial charge in [-0.05, 0) is 36.2 Å². The first kappa shape index (κ1) is 15.9. The highest BCUT2D eigenvalue weighted by Gasteiger charge is 2.21. The maximum Gasteiger partial charge on any atom is 0.162 e. The molecule has 2 N–H and O–H groups in total. The molecule has 112 valence electrons. The molecule has 2 atom stereocenters. The van der Waals surface area contributed by atoms with Crippen molar-refractivity contribution in [2.75, 3.05) is 0 Å². The van der Waals surface area contributed by atoms with Crippen LogP contribution < -0.4 is 10.5 Å². The van der Waals surface area contributed by atoms with Crippen molar-refractivity contribution in [2.24, 2.45) is 5.73 Å². The molecule has 2 unspecified atom stereocenters. The van der Waals surface area contributed by atoms with E-state index in [-0.39, 0.29) is 11.8 Å². The summed E-state index contributed by atoms with van der Waals surface area (Å²) >= 11 is 3.40. The lowest BCUT2D eigenvalue weighted by atomic mass is 10.0. The summed E-state index contributed by atoms with van der Waals surface area (Å²) in [5, 5.41) is 0. The van der Waals surface area contributed by atoms with E-state index in [1.807, 2.05) is 31.2 Å². The summed E-state index contributed by atoms with van der Waals surface area (Å²) in [4.78, 5) is 0. The topological polar surface area (TPSA) is 35.2 Å². The van der Waals surface area contributed by atoms with Crippen LogP contribution in [0, 0.1) is 11.6 Å². The summed E-state index contributed by atoms with van der Waals surface area (Å²) in [6, 6.07) is 10.8. The minimum atomic E-state index is -0.939. The number of hydrogen-bond acceptors (Lipinski definition) is 2. The van der Waals surface area contributed by atoms with Crippen LogP contribution in [0.5, 0.6) is 5.75 Å². The molecule has 0 fully saturated rings. The predicted octanol–water partition coefficient (Wildman–Crippen LogP) is 4.58. The molecule has 0 spiro atoms. The fourth-order valence-corrected chi connectivity index (χ4v) is 2.41. The van der Waals surface area contributed by atoms with E-state index in [1.54, 1.807) is 0 Å². The summed E-state index contributed by atoms with van der Waals surface area (Å²) in [5.74, 6) is -1.59. The van der Waals surface area contributed by atoms with Gasteiger partial charge in [-0.2, -0.15) is 0 Å². The van der Waals surface area contributed by atoms with Crippen LogP contribution in [-0.4, -0.2) is 6.04 Å². The van der Waals surface area contributed by atoms with Gasteiger partial charge in [0, 0.05) is 16.6 Å². The van der Waals surface area contributed by atoms with Gasteiger partial charge in [0.15, 0.2) is 11.6 Å². The number of benzene rings is 2. The highest BCUT2D eigenvalue weighted by atomic mass is 79.9. The average molecular weight is 356 g/mol. The van der Waals surface area contributed by atoms with Crippen molar-refractivity contribution in [3.63, 3.8) is 0 Å². The van der Waals surface area contributed by atoms with Crippen molar-refractivity contribution in [1.82, 2.24) is 0 Å². The molecule has 0 radical (unpaired) electrons. The monoisotopic (exact) mass is 355 g/mol. The third-order valence-electron chi connectivity index (χ3n) is 3.19. The molecule has 0 aliphatic carbocycles. The Labute approximate surface area is 131 Å². The standard InChI is InChI=1S/C16H16BrF2NO/c1-2-15(20)16(10-4-3-5-11(17)8-10)21-12-6-7-13(18)14(19)9-12/h3-9,15-16H,2,20H2,1H3. The van der Waals surface area contributed by atoms with Gasteiger partial charge in [0.05, 0.1) is 0 Å². The first-order valence-electron chi connectivity index (χ1n) is 6.64. The number of rotatable bonds is 5. The van der Waals surface area contributed by atoms with E-state index in [4.69, 9.17) is 10.5 Å². The molecule has 0 bridgehead atoms. The van der Waals surface area contributed by atoms with E-state index < -0.39 is 17.7 Å². The van der Waals surface area contributed by atoms with E-state index in [2.05, 4.69) is 15.9 Å². The Kier molecular flexibility index (Phi) is 5.31. The zero-order chi connectivity index (χ0) is 15.4. The van der Waals surface area contributed by atoms with Gasteiger partial charge in [-0.1, -0.05) is 35.0 Å². The van der Waals surface area contributed by atoms with Gasteiger partial charge in [-0.3, -0.25) is 0 Å². The van der Waals surface area contributed by atoms with Gasteiger partial charge < -0.3 is 10.5 Å². The highest BCUT2D eigenvalue weighted by Crippen LogP contribution is 2.28. The fraction of sp³-hybridized carbons (Fsp3) is 0.250. The van der Waals surface area contributed by atoms with Gasteiger partial charge in [0.25, 0.3) is 0 Å². The summed E-state index contributed by atoms with van der Waals surface area (Å²) in [5.41, 5.74) is 6.99. The molecule has 2 rings (SSSR count). The summed E-state index contributed by atoms with van der Waals surface area (Å²) in [7, 11) is 0. The molecule has 0 saturated carbocycles. The number of nitrogens with two attached hydrogens (primary N) is 1.